The number of nitrogens with zero attached hydrogens (tertiary/aromatic N) is 2. The summed E-state index contributed by atoms with van der Waals surface area (Å²) in [4.78, 5) is 17.5. The van der Waals surface area contributed by atoms with Crippen molar-refractivity contribution >= 4 is 5.91 Å². The molecule has 1 unspecified atom stereocenters. The van der Waals surface area contributed by atoms with E-state index in [2.05, 4.69) is 4.98 Å². The second kappa shape index (κ2) is 4.40. The van der Waals surface area contributed by atoms with Crippen molar-refractivity contribution in [3.05, 3.63) is 30.1 Å². The first-order valence-electron chi connectivity index (χ1n) is 5.08. The second-order valence-corrected chi connectivity index (χ2v) is 3.85. The van der Waals surface area contributed by atoms with E-state index in [0.29, 0.717) is 19.5 Å². The topological polar surface area (TPSA) is 53.4 Å². The van der Waals surface area contributed by atoms with Gasteiger partial charge in [0.2, 0.25) is 5.91 Å². The lowest BCUT2D eigenvalue weighted by Gasteiger charge is -2.15. The molecule has 0 radical (unpaired) electrons. The number of hydrogen-bond acceptors (Lipinski definition) is 3. The number of likely N-dealkylation sites (tertiary alicyclic amines) is 1. The van der Waals surface area contributed by atoms with Gasteiger partial charge in [-0.25, -0.2) is 0 Å². The van der Waals surface area contributed by atoms with Crippen LogP contribution in [0.15, 0.2) is 24.4 Å². The van der Waals surface area contributed by atoms with Crippen molar-refractivity contribution in [2.24, 2.45) is 5.92 Å². The van der Waals surface area contributed by atoms with E-state index < -0.39 is 0 Å². The molecule has 1 amide bonds. The summed E-state index contributed by atoms with van der Waals surface area (Å²) in [5, 5.41) is 8.97. The molecule has 1 fully saturated rings. The Morgan fingerprint density at radius 2 is 2.40 bits per heavy atom. The molecular weight excluding hydrogens is 192 g/mol. The molecule has 0 bridgehead atoms. The van der Waals surface area contributed by atoms with Gasteiger partial charge in [0.25, 0.3) is 0 Å². The average Bonchev–Trinajstić information content (AvgIpc) is 2.61. The molecule has 1 aromatic rings. The van der Waals surface area contributed by atoms with Gasteiger partial charge >= 0.3 is 0 Å². The summed E-state index contributed by atoms with van der Waals surface area (Å²) >= 11 is 0. The SMILES string of the molecule is O=C1CC(CO)CN1Cc1ccccn1. The number of carbonyl (C=O) groups is 1. The van der Waals surface area contributed by atoms with Crippen LogP contribution < -0.4 is 0 Å². The van der Waals surface area contributed by atoms with Crippen LogP contribution in [-0.2, 0) is 11.3 Å². The monoisotopic (exact) mass is 206 g/mol. The number of pyridine rings is 1. The quantitative estimate of drug-likeness (QED) is 0.780. The molecule has 0 saturated carbocycles. The summed E-state index contributed by atoms with van der Waals surface area (Å²) in [6.45, 7) is 1.28. The van der Waals surface area contributed by atoms with Crippen LogP contribution in [0.2, 0.25) is 0 Å². The van der Waals surface area contributed by atoms with Crippen LogP contribution >= 0.6 is 0 Å². The number of carbonyl (C=O) groups excluding carboxylic acids is 1. The Hall–Kier alpha value is -1.42. The lowest BCUT2D eigenvalue weighted by atomic mass is 10.1. The fraction of sp³-hybridized carbons (Fsp3) is 0.455. The molecule has 15 heavy (non-hydrogen) atoms. The Morgan fingerprint density at radius 3 is 3.00 bits per heavy atom. The highest BCUT2D eigenvalue weighted by Gasteiger charge is 2.28. The predicted octanol–water partition coefficient (Wildman–Crippen LogP) is 0.422. The van der Waals surface area contributed by atoms with Crippen molar-refractivity contribution in [1.82, 2.24) is 9.88 Å². The second-order valence-electron chi connectivity index (χ2n) is 3.85. The van der Waals surface area contributed by atoms with E-state index >= 15 is 0 Å². The van der Waals surface area contributed by atoms with Crippen molar-refractivity contribution in [3.8, 4) is 0 Å². The molecule has 80 valence electrons. The highest BCUT2D eigenvalue weighted by atomic mass is 16.3. The Kier molecular flexibility index (Phi) is 2.97. The van der Waals surface area contributed by atoms with Gasteiger partial charge in [0, 0.05) is 31.7 Å². The molecule has 1 aliphatic rings. The summed E-state index contributed by atoms with van der Waals surface area (Å²) in [6, 6.07) is 5.66. The van der Waals surface area contributed by atoms with Crippen molar-refractivity contribution in [2.75, 3.05) is 13.2 Å². The zero-order valence-electron chi connectivity index (χ0n) is 8.47. The van der Waals surface area contributed by atoms with Crippen molar-refractivity contribution in [3.63, 3.8) is 0 Å². The molecule has 1 aromatic heterocycles. The lowest BCUT2D eigenvalue weighted by molar-refractivity contribution is -0.128. The Morgan fingerprint density at radius 1 is 1.53 bits per heavy atom. The van der Waals surface area contributed by atoms with E-state index in [-0.39, 0.29) is 18.4 Å². The van der Waals surface area contributed by atoms with Gasteiger partial charge in [-0.1, -0.05) is 6.07 Å². The number of aromatic nitrogens is 1. The number of aliphatic hydroxyl groups excluding tert-OH is 1. The highest BCUT2D eigenvalue weighted by Crippen LogP contribution is 2.18. The maximum atomic E-state index is 11.5. The summed E-state index contributed by atoms with van der Waals surface area (Å²) < 4.78 is 0. The van der Waals surface area contributed by atoms with Gasteiger partial charge in [0.15, 0.2) is 0 Å². The van der Waals surface area contributed by atoms with E-state index in [9.17, 15) is 4.79 Å². The minimum absolute atomic E-state index is 0.0878. The molecule has 2 rings (SSSR count). The summed E-state index contributed by atoms with van der Waals surface area (Å²) in [7, 11) is 0. The first kappa shape index (κ1) is 10.1. The Bertz CT molecular complexity index is 340. The van der Waals surface area contributed by atoms with Gasteiger partial charge in [0.05, 0.1) is 12.2 Å². The average molecular weight is 206 g/mol. The largest absolute Gasteiger partial charge is 0.396 e. The van der Waals surface area contributed by atoms with Crippen LogP contribution in [0.4, 0.5) is 0 Å². The zero-order chi connectivity index (χ0) is 10.7. The predicted molar refractivity (Wildman–Crippen MR) is 54.8 cm³/mol. The Labute approximate surface area is 88.6 Å². The maximum Gasteiger partial charge on any atom is 0.223 e. The minimum atomic E-state index is 0.0878. The van der Waals surface area contributed by atoms with E-state index in [1.54, 1.807) is 11.1 Å². The van der Waals surface area contributed by atoms with E-state index in [1.807, 2.05) is 18.2 Å². The van der Waals surface area contributed by atoms with Crippen molar-refractivity contribution in [2.45, 2.75) is 13.0 Å². The zero-order valence-corrected chi connectivity index (χ0v) is 8.47. The minimum Gasteiger partial charge on any atom is -0.396 e. The molecule has 1 saturated heterocycles. The van der Waals surface area contributed by atoms with Gasteiger partial charge in [-0.05, 0) is 12.1 Å². The fourth-order valence-electron chi connectivity index (χ4n) is 1.82. The molecule has 2 heterocycles. The number of aliphatic hydroxyl groups is 1. The molecule has 0 aromatic carbocycles. The van der Waals surface area contributed by atoms with Crippen molar-refractivity contribution < 1.29 is 9.90 Å². The maximum absolute atomic E-state index is 11.5. The number of amides is 1. The van der Waals surface area contributed by atoms with Crippen LogP contribution in [-0.4, -0.2) is 34.0 Å². The van der Waals surface area contributed by atoms with Crippen LogP contribution in [0.1, 0.15) is 12.1 Å². The summed E-state index contributed by atoms with van der Waals surface area (Å²) in [5.74, 6) is 0.209. The molecule has 1 atom stereocenters. The number of hydrogen-bond donors (Lipinski definition) is 1. The Balaban J connectivity index is 1.99. The lowest BCUT2D eigenvalue weighted by Crippen LogP contribution is -2.25. The van der Waals surface area contributed by atoms with Gasteiger partial charge in [-0.15, -0.1) is 0 Å². The van der Waals surface area contributed by atoms with Crippen LogP contribution in [0, 0.1) is 5.92 Å². The molecular formula is C11H14N2O2. The third-order valence-electron chi connectivity index (χ3n) is 2.63. The first-order chi connectivity index (χ1) is 7.29. The van der Waals surface area contributed by atoms with Gasteiger partial charge in [-0.2, -0.15) is 0 Å². The summed E-state index contributed by atoms with van der Waals surface area (Å²) in [5.41, 5.74) is 0.893. The smallest absolute Gasteiger partial charge is 0.223 e. The molecule has 1 N–H and O–H groups in total. The third kappa shape index (κ3) is 2.33. The van der Waals surface area contributed by atoms with E-state index in [4.69, 9.17) is 5.11 Å². The molecule has 4 nitrogen and oxygen atoms in total. The summed E-state index contributed by atoms with van der Waals surface area (Å²) in [6.07, 6.45) is 2.18. The van der Waals surface area contributed by atoms with Gasteiger partial charge in [-0.3, -0.25) is 9.78 Å². The first-order valence-corrected chi connectivity index (χ1v) is 5.08. The van der Waals surface area contributed by atoms with Crippen molar-refractivity contribution in [1.29, 1.82) is 0 Å². The van der Waals surface area contributed by atoms with Crippen LogP contribution in [0.5, 0.6) is 0 Å². The molecule has 0 aliphatic carbocycles. The van der Waals surface area contributed by atoms with Gasteiger partial charge in [0.1, 0.15) is 0 Å². The fourth-order valence-corrected chi connectivity index (χ4v) is 1.82. The molecule has 1 aliphatic heterocycles. The molecule has 4 heteroatoms. The standard InChI is InChI=1S/C11H14N2O2/c14-8-9-5-11(15)13(6-9)7-10-3-1-2-4-12-10/h1-4,9,14H,5-8H2. The van der Waals surface area contributed by atoms with E-state index in [1.165, 1.54) is 0 Å². The van der Waals surface area contributed by atoms with E-state index in [0.717, 1.165) is 5.69 Å². The van der Waals surface area contributed by atoms with Crippen LogP contribution in [0.25, 0.3) is 0 Å². The molecule has 0 spiro atoms. The third-order valence-corrected chi connectivity index (χ3v) is 2.63. The van der Waals surface area contributed by atoms with Gasteiger partial charge < -0.3 is 10.0 Å². The van der Waals surface area contributed by atoms with Crippen LogP contribution in [0.3, 0.4) is 0 Å². The number of rotatable bonds is 3. The normalized spacial score (nSPS) is 21.0. The highest BCUT2D eigenvalue weighted by molar-refractivity contribution is 5.78.